The maximum absolute atomic E-state index is 11.9. The monoisotopic (exact) mass is 218 g/mol. The van der Waals surface area contributed by atoms with E-state index in [2.05, 4.69) is 10.1 Å². The third-order valence-corrected chi connectivity index (χ3v) is 1.18. The smallest absolute Gasteiger partial charge is 0.225 e. The number of aromatic nitrogens is 3. The third-order valence-electron chi connectivity index (χ3n) is 1.18. The van der Waals surface area contributed by atoms with E-state index < -0.39 is 18.4 Å². The lowest BCUT2D eigenvalue weighted by Crippen LogP contribution is -2.39. The van der Waals surface area contributed by atoms with Crippen LogP contribution in [0.1, 0.15) is 0 Å². The minimum Gasteiger partial charge on any atom is -0.225 e. The molecule has 1 rings (SSSR count). The lowest BCUT2D eigenvalue weighted by molar-refractivity contribution is -0.213. The quantitative estimate of drug-likeness (QED) is 0.672. The molecular formula is C5H2F6N3. The van der Waals surface area contributed by atoms with Crippen molar-refractivity contribution in [2.45, 2.75) is 12.4 Å². The highest BCUT2D eigenvalue weighted by Crippen LogP contribution is 2.41. The number of hydrogen-bond donors (Lipinski definition) is 0. The van der Waals surface area contributed by atoms with Gasteiger partial charge in [-0.3, -0.25) is 0 Å². The summed E-state index contributed by atoms with van der Waals surface area (Å²) in [5.41, 5.74) is 0. The third kappa shape index (κ3) is 2.15. The van der Waals surface area contributed by atoms with E-state index in [0.29, 0.717) is 12.7 Å². The first-order valence-electron chi connectivity index (χ1n) is 3.09. The number of halogens is 6. The lowest BCUT2D eigenvalue weighted by Gasteiger charge is -2.20. The fourth-order valence-electron chi connectivity index (χ4n) is 0.744. The summed E-state index contributed by atoms with van der Waals surface area (Å²) in [7, 11) is 0. The van der Waals surface area contributed by atoms with Gasteiger partial charge in [0.1, 0.15) is 12.7 Å². The van der Waals surface area contributed by atoms with E-state index >= 15 is 0 Å². The minimum absolute atomic E-state index is 0.330. The van der Waals surface area contributed by atoms with Crippen LogP contribution in [0.4, 0.5) is 26.3 Å². The van der Waals surface area contributed by atoms with Gasteiger partial charge in [0.15, 0.2) is 0 Å². The minimum atomic E-state index is -5.52. The summed E-state index contributed by atoms with van der Waals surface area (Å²) in [5, 5.41) is 2.78. The van der Waals surface area contributed by atoms with Crippen molar-refractivity contribution in [3.05, 3.63) is 18.7 Å². The Balaban J connectivity index is 3.08. The highest BCUT2D eigenvalue weighted by molar-refractivity contribution is 5.04. The molecule has 0 aromatic carbocycles. The Morgan fingerprint density at radius 2 is 1.50 bits per heavy atom. The van der Waals surface area contributed by atoms with Gasteiger partial charge in [0.25, 0.3) is 6.04 Å². The van der Waals surface area contributed by atoms with Crippen LogP contribution in [0, 0.1) is 6.04 Å². The molecule has 1 heterocycles. The van der Waals surface area contributed by atoms with Crippen molar-refractivity contribution in [3.63, 3.8) is 0 Å². The first-order chi connectivity index (χ1) is 6.23. The predicted molar refractivity (Wildman–Crippen MR) is 30.8 cm³/mol. The summed E-state index contributed by atoms with van der Waals surface area (Å²) in [6.45, 7) is 0. The SMILES string of the molecule is FC(F)(F)[C](n1cncn1)C(F)(F)F. The van der Waals surface area contributed by atoms with E-state index in [1.807, 2.05) is 0 Å². The summed E-state index contributed by atoms with van der Waals surface area (Å²) >= 11 is 0. The van der Waals surface area contributed by atoms with Gasteiger partial charge in [-0.05, 0) is 0 Å². The molecule has 0 spiro atoms. The Labute approximate surface area is 73.3 Å². The molecule has 0 N–H and O–H groups in total. The summed E-state index contributed by atoms with van der Waals surface area (Å²) in [6.07, 6.45) is -10.1. The lowest BCUT2D eigenvalue weighted by atomic mass is 10.3. The van der Waals surface area contributed by atoms with Crippen LogP contribution in [0.25, 0.3) is 0 Å². The zero-order chi connectivity index (χ0) is 11.0. The van der Waals surface area contributed by atoms with Crippen molar-refractivity contribution in [1.82, 2.24) is 14.8 Å². The molecule has 0 fully saturated rings. The molecule has 0 amide bonds. The van der Waals surface area contributed by atoms with Crippen molar-refractivity contribution in [3.8, 4) is 0 Å². The Morgan fingerprint density at radius 1 is 1.00 bits per heavy atom. The molecule has 0 aliphatic heterocycles. The first kappa shape index (κ1) is 10.8. The molecule has 0 aliphatic rings. The maximum Gasteiger partial charge on any atom is 0.425 e. The summed E-state index contributed by atoms with van der Waals surface area (Å²) in [4.78, 5) is 3.00. The topological polar surface area (TPSA) is 30.7 Å². The molecule has 79 valence electrons. The van der Waals surface area contributed by atoms with Crippen molar-refractivity contribution in [2.24, 2.45) is 0 Å². The van der Waals surface area contributed by atoms with Crippen LogP contribution >= 0.6 is 0 Å². The molecule has 1 aromatic heterocycles. The van der Waals surface area contributed by atoms with Crippen LogP contribution in [0.15, 0.2) is 12.7 Å². The Hall–Kier alpha value is -1.28. The second kappa shape index (κ2) is 3.14. The van der Waals surface area contributed by atoms with E-state index in [9.17, 15) is 26.3 Å². The highest BCUT2D eigenvalue weighted by atomic mass is 19.4. The van der Waals surface area contributed by atoms with E-state index in [0.717, 1.165) is 0 Å². The Morgan fingerprint density at radius 3 is 1.79 bits per heavy atom. The van der Waals surface area contributed by atoms with Crippen LogP contribution in [-0.4, -0.2) is 27.1 Å². The molecule has 0 aliphatic carbocycles. The van der Waals surface area contributed by atoms with Gasteiger partial charge >= 0.3 is 12.4 Å². The normalized spacial score (nSPS) is 13.6. The molecule has 0 unspecified atom stereocenters. The fraction of sp³-hybridized carbons (Fsp3) is 0.400. The van der Waals surface area contributed by atoms with Crippen molar-refractivity contribution in [2.75, 3.05) is 0 Å². The fourth-order valence-corrected chi connectivity index (χ4v) is 0.744. The zero-order valence-corrected chi connectivity index (χ0v) is 6.26. The van der Waals surface area contributed by atoms with Gasteiger partial charge in [-0.25, -0.2) is 9.67 Å². The van der Waals surface area contributed by atoms with Gasteiger partial charge in [0, 0.05) is 0 Å². The van der Waals surface area contributed by atoms with Crippen LogP contribution in [0.5, 0.6) is 0 Å². The Kier molecular flexibility index (Phi) is 2.42. The molecule has 0 saturated heterocycles. The molecule has 0 bridgehead atoms. The zero-order valence-electron chi connectivity index (χ0n) is 6.26. The average Bonchev–Trinajstić information content (AvgIpc) is 2.31. The second-order valence-electron chi connectivity index (χ2n) is 2.18. The summed E-state index contributed by atoms with van der Waals surface area (Å²) in [5.74, 6) is 0. The van der Waals surface area contributed by atoms with Gasteiger partial charge in [-0.2, -0.15) is 31.4 Å². The van der Waals surface area contributed by atoms with Crippen molar-refractivity contribution >= 4 is 0 Å². The molecule has 1 radical (unpaired) electrons. The van der Waals surface area contributed by atoms with E-state index in [1.165, 1.54) is 0 Å². The van der Waals surface area contributed by atoms with Crippen molar-refractivity contribution < 1.29 is 26.3 Å². The molecule has 0 saturated carbocycles. The standard InChI is InChI=1S/C5H2F6N3/c6-4(7,8)3(5(9,10)11)14-2-12-1-13-14/h1-2H. The van der Waals surface area contributed by atoms with E-state index in [-0.39, 0.29) is 4.68 Å². The van der Waals surface area contributed by atoms with E-state index in [4.69, 9.17) is 0 Å². The predicted octanol–water partition coefficient (Wildman–Crippen LogP) is 1.78. The summed E-state index contributed by atoms with van der Waals surface area (Å²) < 4.78 is 71.2. The van der Waals surface area contributed by atoms with Crippen LogP contribution in [0.2, 0.25) is 0 Å². The largest absolute Gasteiger partial charge is 0.425 e. The van der Waals surface area contributed by atoms with Crippen LogP contribution in [-0.2, 0) is 0 Å². The molecular weight excluding hydrogens is 216 g/mol. The average molecular weight is 218 g/mol. The molecule has 9 heteroatoms. The van der Waals surface area contributed by atoms with Gasteiger partial charge in [-0.15, -0.1) is 0 Å². The number of rotatable bonds is 1. The molecule has 3 nitrogen and oxygen atoms in total. The highest BCUT2D eigenvalue weighted by Gasteiger charge is 2.60. The molecule has 1 aromatic rings. The number of hydrogen-bond acceptors (Lipinski definition) is 2. The molecule has 0 atom stereocenters. The van der Waals surface area contributed by atoms with Crippen LogP contribution < -0.4 is 0 Å². The number of alkyl halides is 6. The van der Waals surface area contributed by atoms with Gasteiger partial charge < -0.3 is 0 Å². The van der Waals surface area contributed by atoms with Crippen LogP contribution in [0.3, 0.4) is 0 Å². The van der Waals surface area contributed by atoms with Gasteiger partial charge in [0.05, 0.1) is 0 Å². The van der Waals surface area contributed by atoms with Gasteiger partial charge in [-0.1, -0.05) is 0 Å². The second-order valence-corrected chi connectivity index (χ2v) is 2.18. The maximum atomic E-state index is 11.9. The first-order valence-corrected chi connectivity index (χ1v) is 3.09. The van der Waals surface area contributed by atoms with Gasteiger partial charge in [0.2, 0.25) is 0 Å². The van der Waals surface area contributed by atoms with Crippen molar-refractivity contribution in [1.29, 1.82) is 0 Å². The summed E-state index contributed by atoms with van der Waals surface area (Å²) in [6, 6.07) is -2.72. The number of nitrogens with zero attached hydrogens (tertiary/aromatic N) is 3. The molecule has 14 heavy (non-hydrogen) atoms. The van der Waals surface area contributed by atoms with E-state index in [1.54, 1.807) is 0 Å². The Bertz CT molecular complexity index is 271.